The van der Waals surface area contributed by atoms with Crippen LogP contribution in [0.5, 0.6) is 0 Å². The number of rotatable bonds is 1. The lowest BCUT2D eigenvalue weighted by molar-refractivity contribution is 0.592. The highest BCUT2D eigenvalue weighted by molar-refractivity contribution is 7.81. The van der Waals surface area contributed by atoms with Gasteiger partial charge in [-0.05, 0) is 25.0 Å². The molecule has 1 aliphatic heterocycles. The molecular formula is C11H15NS. The number of hydrogen-bond donors (Lipinski definition) is 1. The molecule has 1 unspecified atom stereocenters. The third-order valence-corrected chi connectivity index (χ3v) is 2.94. The van der Waals surface area contributed by atoms with E-state index in [9.17, 15) is 0 Å². The van der Waals surface area contributed by atoms with Crippen LogP contribution in [0, 0.1) is 0 Å². The lowest BCUT2D eigenvalue weighted by Crippen LogP contribution is -2.35. The maximum Gasteiger partial charge on any atom is 0.0366 e. The fraction of sp³-hybridized carbons (Fsp3) is 0.455. The molecule has 1 saturated heterocycles. The fourth-order valence-corrected chi connectivity index (χ4v) is 2.21. The zero-order chi connectivity index (χ0) is 9.10. The van der Waals surface area contributed by atoms with E-state index in [2.05, 4.69) is 47.9 Å². The van der Waals surface area contributed by atoms with Gasteiger partial charge in [-0.25, -0.2) is 0 Å². The van der Waals surface area contributed by atoms with Crippen LogP contribution in [0.4, 0.5) is 5.69 Å². The molecule has 1 aromatic carbocycles. The Morgan fingerprint density at radius 1 is 1.23 bits per heavy atom. The second kappa shape index (κ2) is 4.05. The maximum absolute atomic E-state index is 4.53. The number of hydrogen-bond acceptors (Lipinski definition) is 2. The summed E-state index contributed by atoms with van der Waals surface area (Å²) in [5, 5.41) is 0.550. The van der Waals surface area contributed by atoms with E-state index >= 15 is 0 Å². The largest absolute Gasteiger partial charge is 0.370 e. The van der Waals surface area contributed by atoms with E-state index in [1.165, 1.54) is 25.1 Å². The van der Waals surface area contributed by atoms with Crippen LogP contribution in [-0.4, -0.2) is 18.3 Å². The number of benzene rings is 1. The number of piperidine rings is 1. The summed E-state index contributed by atoms with van der Waals surface area (Å²) in [4.78, 5) is 2.42. The SMILES string of the molecule is SC1CCCN(c2ccccc2)C1. The minimum absolute atomic E-state index is 0.550. The van der Waals surface area contributed by atoms with E-state index in [0.717, 1.165) is 6.54 Å². The van der Waals surface area contributed by atoms with Crippen LogP contribution in [0.15, 0.2) is 30.3 Å². The summed E-state index contributed by atoms with van der Waals surface area (Å²) in [7, 11) is 0. The van der Waals surface area contributed by atoms with Crippen molar-refractivity contribution in [1.29, 1.82) is 0 Å². The quantitative estimate of drug-likeness (QED) is 0.671. The van der Waals surface area contributed by atoms with E-state index in [-0.39, 0.29) is 0 Å². The van der Waals surface area contributed by atoms with Crippen LogP contribution in [0.25, 0.3) is 0 Å². The van der Waals surface area contributed by atoms with E-state index in [1.807, 2.05) is 0 Å². The highest BCUT2D eigenvalue weighted by Crippen LogP contribution is 2.21. The maximum atomic E-state index is 4.53. The molecule has 0 radical (unpaired) electrons. The molecule has 0 saturated carbocycles. The number of nitrogens with zero attached hydrogens (tertiary/aromatic N) is 1. The highest BCUT2D eigenvalue weighted by atomic mass is 32.1. The van der Waals surface area contributed by atoms with Crippen molar-refractivity contribution in [3.05, 3.63) is 30.3 Å². The van der Waals surface area contributed by atoms with Crippen molar-refractivity contribution < 1.29 is 0 Å². The zero-order valence-electron chi connectivity index (χ0n) is 7.69. The van der Waals surface area contributed by atoms with Crippen LogP contribution in [-0.2, 0) is 0 Å². The van der Waals surface area contributed by atoms with Crippen LogP contribution >= 0.6 is 12.6 Å². The normalized spacial score (nSPS) is 23.2. The molecule has 1 aromatic rings. The topological polar surface area (TPSA) is 3.24 Å². The summed E-state index contributed by atoms with van der Waals surface area (Å²) in [6.07, 6.45) is 2.52. The molecular weight excluding hydrogens is 178 g/mol. The monoisotopic (exact) mass is 193 g/mol. The molecule has 70 valence electrons. The van der Waals surface area contributed by atoms with Crippen molar-refractivity contribution >= 4 is 18.3 Å². The van der Waals surface area contributed by atoms with Gasteiger partial charge in [0.1, 0.15) is 0 Å². The van der Waals surface area contributed by atoms with Crippen molar-refractivity contribution in [1.82, 2.24) is 0 Å². The number of para-hydroxylation sites is 1. The van der Waals surface area contributed by atoms with Crippen molar-refractivity contribution in [2.24, 2.45) is 0 Å². The van der Waals surface area contributed by atoms with E-state index < -0.39 is 0 Å². The van der Waals surface area contributed by atoms with Crippen molar-refractivity contribution in [3.63, 3.8) is 0 Å². The van der Waals surface area contributed by atoms with Crippen LogP contribution < -0.4 is 4.90 Å². The number of thiol groups is 1. The van der Waals surface area contributed by atoms with Gasteiger partial charge in [0.05, 0.1) is 0 Å². The number of anilines is 1. The summed E-state index contributed by atoms with van der Waals surface area (Å²) in [5.74, 6) is 0. The van der Waals surface area contributed by atoms with E-state index in [0.29, 0.717) is 5.25 Å². The molecule has 0 amide bonds. The van der Waals surface area contributed by atoms with Gasteiger partial charge in [-0.15, -0.1) is 0 Å². The first-order valence-electron chi connectivity index (χ1n) is 4.84. The summed E-state index contributed by atoms with van der Waals surface area (Å²) >= 11 is 4.53. The van der Waals surface area contributed by atoms with Gasteiger partial charge in [0.2, 0.25) is 0 Å². The van der Waals surface area contributed by atoms with Crippen molar-refractivity contribution in [2.75, 3.05) is 18.0 Å². The molecule has 1 aliphatic rings. The Morgan fingerprint density at radius 2 is 2.00 bits per heavy atom. The van der Waals surface area contributed by atoms with Gasteiger partial charge in [0, 0.05) is 24.0 Å². The predicted molar refractivity (Wildman–Crippen MR) is 60.7 cm³/mol. The molecule has 1 heterocycles. The van der Waals surface area contributed by atoms with Gasteiger partial charge in [-0.1, -0.05) is 18.2 Å². The van der Waals surface area contributed by atoms with Crippen LogP contribution in [0.2, 0.25) is 0 Å². The average molecular weight is 193 g/mol. The smallest absolute Gasteiger partial charge is 0.0366 e. The molecule has 0 aliphatic carbocycles. The van der Waals surface area contributed by atoms with Crippen molar-refractivity contribution in [3.8, 4) is 0 Å². The van der Waals surface area contributed by atoms with Crippen molar-refractivity contribution in [2.45, 2.75) is 18.1 Å². The zero-order valence-corrected chi connectivity index (χ0v) is 8.58. The lowest BCUT2D eigenvalue weighted by Gasteiger charge is -2.32. The Morgan fingerprint density at radius 3 is 2.69 bits per heavy atom. The summed E-state index contributed by atoms with van der Waals surface area (Å²) < 4.78 is 0. The molecule has 0 N–H and O–H groups in total. The first-order chi connectivity index (χ1) is 6.36. The van der Waals surface area contributed by atoms with E-state index in [1.54, 1.807) is 0 Å². The second-order valence-electron chi connectivity index (χ2n) is 3.58. The Hall–Kier alpha value is -0.630. The molecule has 2 heteroatoms. The molecule has 1 fully saturated rings. The third kappa shape index (κ3) is 2.19. The standard InChI is InChI=1S/C11H15NS/c13-11-7-4-8-12(9-11)10-5-2-1-3-6-10/h1-3,5-6,11,13H,4,7-9H2. The Bertz CT molecular complexity index is 260. The van der Waals surface area contributed by atoms with Gasteiger partial charge < -0.3 is 4.90 Å². The summed E-state index contributed by atoms with van der Waals surface area (Å²) in [6.45, 7) is 2.27. The van der Waals surface area contributed by atoms with Gasteiger partial charge in [0.15, 0.2) is 0 Å². The highest BCUT2D eigenvalue weighted by Gasteiger charge is 2.16. The van der Waals surface area contributed by atoms with Crippen LogP contribution in [0.3, 0.4) is 0 Å². The molecule has 2 rings (SSSR count). The Balaban J connectivity index is 2.08. The second-order valence-corrected chi connectivity index (χ2v) is 4.31. The minimum Gasteiger partial charge on any atom is -0.370 e. The summed E-state index contributed by atoms with van der Waals surface area (Å²) in [5.41, 5.74) is 1.33. The fourth-order valence-electron chi connectivity index (χ4n) is 1.83. The first-order valence-corrected chi connectivity index (χ1v) is 5.36. The average Bonchev–Trinajstić information content (AvgIpc) is 2.19. The molecule has 0 spiro atoms. The Kier molecular flexibility index (Phi) is 2.79. The molecule has 0 bridgehead atoms. The van der Waals surface area contributed by atoms with E-state index in [4.69, 9.17) is 0 Å². The molecule has 1 nitrogen and oxygen atoms in total. The van der Waals surface area contributed by atoms with Gasteiger partial charge in [-0.3, -0.25) is 0 Å². The molecule has 13 heavy (non-hydrogen) atoms. The predicted octanol–water partition coefficient (Wildman–Crippen LogP) is 2.59. The van der Waals surface area contributed by atoms with Gasteiger partial charge >= 0.3 is 0 Å². The minimum atomic E-state index is 0.550. The first kappa shape index (κ1) is 8.95. The molecule has 0 aromatic heterocycles. The third-order valence-electron chi connectivity index (χ3n) is 2.52. The lowest BCUT2D eigenvalue weighted by atomic mass is 10.1. The molecule has 1 atom stereocenters. The summed E-state index contributed by atoms with van der Waals surface area (Å²) in [6, 6.07) is 10.6. The van der Waals surface area contributed by atoms with Crippen LogP contribution in [0.1, 0.15) is 12.8 Å². The Labute approximate surface area is 85.2 Å². The van der Waals surface area contributed by atoms with Gasteiger partial charge in [-0.2, -0.15) is 12.6 Å². The van der Waals surface area contributed by atoms with Gasteiger partial charge in [0.25, 0.3) is 0 Å².